The van der Waals surface area contributed by atoms with Gasteiger partial charge in [0.05, 0.1) is 5.56 Å². The van der Waals surface area contributed by atoms with Gasteiger partial charge in [-0.15, -0.1) is 11.6 Å². The lowest BCUT2D eigenvalue weighted by molar-refractivity contribution is 0.0945. The minimum atomic E-state index is -0.246. The molecule has 0 aliphatic heterocycles. The van der Waals surface area contributed by atoms with Gasteiger partial charge in [-0.3, -0.25) is 4.79 Å². The number of halogens is 1. The van der Waals surface area contributed by atoms with Gasteiger partial charge < -0.3 is 10.4 Å². The molecule has 0 heterocycles. The quantitative estimate of drug-likeness (QED) is 0.795. The first-order chi connectivity index (χ1) is 8.04. The highest BCUT2D eigenvalue weighted by molar-refractivity contribution is 6.17. The molecule has 4 heteroatoms. The molecule has 0 fully saturated rings. The van der Waals surface area contributed by atoms with Gasteiger partial charge in [-0.1, -0.05) is 13.0 Å². The van der Waals surface area contributed by atoms with Crippen LogP contribution in [0, 0.1) is 12.8 Å². The fourth-order valence-electron chi connectivity index (χ4n) is 1.48. The van der Waals surface area contributed by atoms with Crippen molar-refractivity contribution in [1.29, 1.82) is 0 Å². The Morgan fingerprint density at radius 1 is 1.53 bits per heavy atom. The fourth-order valence-corrected chi connectivity index (χ4v) is 1.86. The molecule has 17 heavy (non-hydrogen) atoms. The van der Waals surface area contributed by atoms with Crippen LogP contribution in [0.3, 0.4) is 0 Å². The van der Waals surface area contributed by atoms with E-state index in [2.05, 4.69) is 5.32 Å². The Morgan fingerprint density at radius 3 is 2.82 bits per heavy atom. The summed E-state index contributed by atoms with van der Waals surface area (Å²) in [6.07, 6.45) is 0.863. The molecule has 1 aromatic rings. The molecule has 1 rings (SSSR count). The zero-order valence-electron chi connectivity index (χ0n) is 10.2. The normalized spacial score (nSPS) is 12.2. The van der Waals surface area contributed by atoms with Crippen LogP contribution < -0.4 is 5.32 Å². The molecule has 1 aromatic carbocycles. The fraction of sp³-hybridized carbons (Fsp3) is 0.462. The smallest absolute Gasteiger partial charge is 0.255 e. The molecule has 94 valence electrons. The molecule has 0 aromatic heterocycles. The monoisotopic (exact) mass is 255 g/mol. The molecule has 1 amide bonds. The number of alkyl halides is 1. The maximum absolute atomic E-state index is 11.8. The third-order valence-corrected chi connectivity index (χ3v) is 2.83. The summed E-state index contributed by atoms with van der Waals surface area (Å²) in [5.41, 5.74) is 1.24. The van der Waals surface area contributed by atoms with Crippen molar-refractivity contribution in [3.8, 4) is 5.75 Å². The molecule has 1 unspecified atom stereocenters. The Labute approximate surface area is 107 Å². The molecule has 2 N–H and O–H groups in total. The van der Waals surface area contributed by atoms with Crippen molar-refractivity contribution in [2.75, 3.05) is 12.4 Å². The standard InChI is InChI=1S/C13H18ClNO2/c1-9-3-4-11(12(16)7-9)13(17)15-8-10(2)5-6-14/h3-4,7,10,16H,5-6,8H2,1-2H3,(H,15,17). The van der Waals surface area contributed by atoms with E-state index in [0.717, 1.165) is 12.0 Å². The molecular formula is C13H18ClNO2. The summed E-state index contributed by atoms with van der Waals surface area (Å²) in [5.74, 6) is 0.702. The van der Waals surface area contributed by atoms with Crippen molar-refractivity contribution < 1.29 is 9.90 Å². The molecule has 0 aliphatic rings. The van der Waals surface area contributed by atoms with E-state index in [1.807, 2.05) is 13.8 Å². The Kier molecular flexibility index (Phi) is 5.29. The van der Waals surface area contributed by atoms with Crippen LogP contribution >= 0.6 is 11.6 Å². The highest BCUT2D eigenvalue weighted by atomic mass is 35.5. The average molecular weight is 256 g/mol. The van der Waals surface area contributed by atoms with Crippen LogP contribution in [-0.4, -0.2) is 23.4 Å². The minimum Gasteiger partial charge on any atom is -0.507 e. The van der Waals surface area contributed by atoms with Gasteiger partial charge in [0.25, 0.3) is 5.91 Å². The summed E-state index contributed by atoms with van der Waals surface area (Å²) in [4.78, 5) is 11.8. The van der Waals surface area contributed by atoms with E-state index in [9.17, 15) is 9.90 Å². The predicted octanol–water partition coefficient (Wildman–Crippen LogP) is 2.70. The summed E-state index contributed by atoms with van der Waals surface area (Å²) >= 11 is 5.62. The van der Waals surface area contributed by atoms with Crippen molar-refractivity contribution in [2.45, 2.75) is 20.3 Å². The third-order valence-electron chi connectivity index (χ3n) is 2.61. The third kappa shape index (κ3) is 4.27. The number of rotatable bonds is 5. The Hall–Kier alpha value is -1.22. The van der Waals surface area contributed by atoms with Crippen molar-refractivity contribution >= 4 is 17.5 Å². The Bertz CT molecular complexity index is 393. The molecule has 0 aliphatic carbocycles. The van der Waals surface area contributed by atoms with Crippen LogP contribution in [-0.2, 0) is 0 Å². The zero-order chi connectivity index (χ0) is 12.8. The number of hydrogen-bond donors (Lipinski definition) is 2. The minimum absolute atomic E-state index is 0.0208. The first-order valence-electron chi connectivity index (χ1n) is 5.68. The number of phenols is 1. The van der Waals surface area contributed by atoms with Crippen LogP contribution in [0.5, 0.6) is 5.75 Å². The second-order valence-electron chi connectivity index (χ2n) is 4.31. The highest BCUT2D eigenvalue weighted by Crippen LogP contribution is 2.18. The summed E-state index contributed by atoms with van der Waals surface area (Å²) in [5, 5.41) is 12.4. The zero-order valence-corrected chi connectivity index (χ0v) is 10.9. The van der Waals surface area contributed by atoms with E-state index in [1.54, 1.807) is 18.2 Å². The number of nitrogens with one attached hydrogen (secondary N) is 1. The lowest BCUT2D eigenvalue weighted by Gasteiger charge is -2.11. The molecule has 0 bridgehead atoms. The maximum Gasteiger partial charge on any atom is 0.255 e. The van der Waals surface area contributed by atoms with Crippen molar-refractivity contribution in [3.63, 3.8) is 0 Å². The predicted molar refractivity (Wildman–Crippen MR) is 69.7 cm³/mol. The topological polar surface area (TPSA) is 49.3 Å². The number of aryl methyl sites for hydroxylation is 1. The lowest BCUT2D eigenvalue weighted by Crippen LogP contribution is -2.28. The van der Waals surface area contributed by atoms with Crippen molar-refractivity contribution in [2.24, 2.45) is 5.92 Å². The number of amides is 1. The number of hydrogen-bond acceptors (Lipinski definition) is 2. The van der Waals surface area contributed by atoms with Crippen molar-refractivity contribution in [3.05, 3.63) is 29.3 Å². The number of phenolic OH excluding ortho intramolecular Hbond substituents is 1. The summed E-state index contributed by atoms with van der Waals surface area (Å²) in [6, 6.07) is 5.01. The summed E-state index contributed by atoms with van der Waals surface area (Å²) in [6.45, 7) is 4.46. The number of aromatic hydroxyl groups is 1. The van der Waals surface area contributed by atoms with Crippen molar-refractivity contribution in [1.82, 2.24) is 5.32 Å². The molecule has 0 saturated carbocycles. The number of benzene rings is 1. The summed E-state index contributed by atoms with van der Waals surface area (Å²) in [7, 11) is 0. The van der Waals surface area contributed by atoms with Gasteiger partial charge in [-0.25, -0.2) is 0 Å². The van der Waals surface area contributed by atoms with Crippen LogP contribution in [0.2, 0.25) is 0 Å². The molecule has 0 saturated heterocycles. The first kappa shape index (κ1) is 13.8. The van der Waals surface area contributed by atoms with Gasteiger partial charge in [0.1, 0.15) is 5.75 Å². The van der Waals surface area contributed by atoms with Gasteiger partial charge in [0.2, 0.25) is 0 Å². The SMILES string of the molecule is Cc1ccc(C(=O)NCC(C)CCCl)c(O)c1. The van der Waals surface area contributed by atoms with E-state index in [4.69, 9.17) is 11.6 Å². The van der Waals surface area contributed by atoms with Gasteiger partial charge in [0.15, 0.2) is 0 Å². The average Bonchev–Trinajstić information content (AvgIpc) is 2.26. The van der Waals surface area contributed by atoms with Crippen LogP contribution in [0.15, 0.2) is 18.2 Å². The molecular weight excluding hydrogens is 238 g/mol. The summed E-state index contributed by atoms with van der Waals surface area (Å²) < 4.78 is 0. The van der Waals surface area contributed by atoms with Gasteiger partial charge >= 0.3 is 0 Å². The Morgan fingerprint density at radius 2 is 2.24 bits per heavy atom. The molecule has 1 atom stereocenters. The Balaban J connectivity index is 2.58. The van der Waals surface area contributed by atoms with Crippen LogP contribution in [0.25, 0.3) is 0 Å². The lowest BCUT2D eigenvalue weighted by atomic mass is 10.1. The van der Waals surface area contributed by atoms with Gasteiger partial charge in [-0.2, -0.15) is 0 Å². The molecule has 0 radical (unpaired) electrons. The van der Waals surface area contributed by atoms with Gasteiger partial charge in [0, 0.05) is 12.4 Å². The van der Waals surface area contributed by atoms with E-state index in [0.29, 0.717) is 23.9 Å². The highest BCUT2D eigenvalue weighted by Gasteiger charge is 2.11. The van der Waals surface area contributed by atoms with Gasteiger partial charge in [-0.05, 0) is 37.0 Å². The maximum atomic E-state index is 11.8. The molecule has 3 nitrogen and oxygen atoms in total. The van der Waals surface area contributed by atoms with Crippen LogP contribution in [0.1, 0.15) is 29.3 Å². The first-order valence-corrected chi connectivity index (χ1v) is 6.21. The second-order valence-corrected chi connectivity index (χ2v) is 4.69. The van der Waals surface area contributed by atoms with E-state index >= 15 is 0 Å². The largest absolute Gasteiger partial charge is 0.507 e. The second kappa shape index (κ2) is 6.50. The number of carbonyl (C=O) groups excluding carboxylic acids is 1. The van der Waals surface area contributed by atoms with Crippen LogP contribution in [0.4, 0.5) is 0 Å². The van der Waals surface area contributed by atoms with E-state index < -0.39 is 0 Å². The molecule has 0 spiro atoms. The van der Waals surface area contributed by atoms with E-state index in [-0.39, 0.29) is 11.7 Å². The number of carbonyl (C=O) groups is 1. The van der Waals surface area contributed by atoms with E-state index in [1.165, 1.54) is 0 Å².